The fourth-order valence-electron chi connectivity index (χ4n) is 1.94. The lowest BCUT2D eigenvalue weighted by atomic mass is 10.0. The lowest BCUT2D eigenvalue weighted by molar-refractivity contribution is 0.0922. The highest BCUT2D eigenvalue weighted by molar-refractivity contribution is 5.58. The molecule has 6 heteroatoms. The molecular formula is C14H26N4O2. The third-order valence-corrected chi connectivity index (χ3v) is 2.80. The first kappa shape index (κ1) is 16.7. The molecule has 0 aromatic carbocycles. The summed E-state index contributed by atoms with van der Waals surface area (Å²) in [5, 5.41) is 15.2. The van der Waals surface area contributed by atoms with E-state index in [4.69, 9.17) is 9.84 Å². The van der Waals surface area contributed by atoms with Crippen LogP contribution in [0.4, 0.5) is 11.6 Å². The summed E-state index contributed by atoms with van der Waals surface area (Å²) in [7, 11) is 0. The van der Waals surface area contributed by atoms with E-state index in [9.17, 15) is 0 Å². The van der Waals surface area contributed by atoms with Crippen molar-refractivity contribution < 1.29 is 9.84 Å². The van der Waals surface area contributed by atoms with Gasteiger partial charge in [-0.1, -0.05) is 13.8 Å². The Kier molecular flexibility index (Phi) is 7.91. The lowest BCUT2D eigenvalue weighted by Crippen LogP contribution is -2.13. The number of hydrogen-bond donors (Lipinski definition) is 3. The van der Waals surface area contributed by atoms with Crippen molar-refractivity contribution in [1.82, 2.24) is 9.97 Å². The Hall–Kier alpha value is -1.40. The molecule has 0 atom stereocenters. The zero-order valence-electron chi connectivity index (χ0n) is 12.6. The summed E-state index contributed by atoms with van der Waals surface area (Å²) >= 11 is 0. The SMILES string of the molecule is CCNc1ncnc(NCCCOCCO)c1C(C)C. The Labute approximate surface area is 121 Å². The molecule has 0 bridgehead atoms. The minimum Gasteiger partial charge on any atom is -0.394 e. The second-order valence-corrected chi connectivity index (χ2v) is 4.79. The average Bonchev–Trinajstić information content (AvgIpc) is 2.43. The van der Waals surface area contributed by atoms with Crippen molar-refractivity contribution in [3.63, 3.8) is 0 Å². The zero-order chi connectivity index (χ0) is 14.8. The van der Waals surface area contributed by atoms with E-state index in [1.807, 2.05) is 0 Å². The minimum absolute atomic E-state index is 0.0723. The molecule has 0 saturated carbocycles. The third kappa shape index (κ3) is 5.30. The van der Waals surface area contributed by atoms with Crippen molar-refractivity contribution in [3.05, 3.63) is 11.9 Å². The fraction of sp³-hybridized carbons (Fsp3) is 0.714. The molecule has 1 aromatic heterocycles. The zero-order valence-corrected chi connectivity index (χ0v) is 12.6. The standard InChI is InChI=1S/C14H26N4O2/c1-4-15-13-12(11(2)3)14(18-10-17-13)16-6-5-8-20-9-7-19/h10-11,19H,4-9H2,1-3H3,(H2,15,16,17,18). The molecule has 0 radical (unpaired) electrons. The van der Waals surface area contributed by atoms with Gasteiger partial charge in [-0.05, 0) is 19.3 Å². The fourth-order valence-corrected chi connectivity index (χ4v) is 1.94. The summed E-state index contributed by atoms with van der Waals surface area (Å²) in [6.45, 7) is 9.05. The molecule has 0 aliphatic heterocycles. The van der Waals surface area contributed by atoms with Crippen molar-refractivity contribution in [1.29, 1.82) is 0 Å². The minimum atomic E-state index is 0.0723. The molecule has 0 aliphatic carbocycles. The Morgan fingerprint density at radius 2 is 1.90 bits per heavy atom. The topological polar surface area (TPSA) is 79.3 Å². The van der Waals surface area contributed by atoms with Crippen LogP contribution < -0.4 is 10.6 Å². The van der Waals surface area contributed by atoms with Gasteiger partial charge in [0, 0.05) is 25.3 Å². The predicted octanol–water partition coefficient (Wildman–Crippen LogP) is 1.84. The third-order valence-electron chi connectivity index (χ3n) is 2.80. The van der Waals surface area contributed by atoms with E-state index in [0.717, 1.165) is 36.7 Å². The van der Waals surface area contributed by atoms with Crippen molar-refractivity contribution in [2.24, 2.45) is 0 Å². The lowest BCUT2D eigenvalue weighted by Gasteiger charge is -2.17. The van der Waals surface area contributed by atoms with Gasteiger partial charge in [-0.15, -0.1) is 0 Å². The van der Waals surface area contributed by atoms with Gasteiger partial charge in [0.25, 0.3) is 0 Å². The molecule has 1 rings (SSSR count). The number of aromatic nitrogens is 2. The number of aliphatic hydroxyl groups excluding tert-OH is 1. The molecule has 20 heavy (non-hydrogen) atoms. The predicted molar refractivity (Wildman–Crippen MR) is 81.3 cm³/mol. The molecule has 1 heterocycles. The number of rotatable bonds is 10. The van der Waals surface area contributed by atoms with E-state index in [-0.39, 0.29) is 6.61 Å². The summed E-state index contributed by atoms with van der Waals surface area (Å²) < 4.78 is 5.23. The highest BCUT2D eigenvalue weighted by Gasteiger charge is 2.13. The molecular weight excluding hydrogens is 256 g/mol. The van der Waals surface area contributed by atoms with E-state index in [2.05, 4.69) is 41.4 Å². The smallest absolute Gasteiger partial charge is 0.134 e. The van der Waals surface area contributed by atoms with E-state index in [1.54, 1.807) is 6.33 Å². The molecule has 1 aromatic rings. The number of nitrogens with zero attached hydrogens (tertiary/aromatic N) is 2. The highest BCUT2D eigenvalue weighted by Crippen LogP contribution is 2.28. The molecule has 0 fully saturated rings. The van der Waals surface area contributed by atoms with Crippen LogP contribution in [-0.4, -0.2) is 48.0 Å². The number of anilines is 2. The Morgan fingerprint density at radius 3 is 2.50 bits per heavy atom. The van der Waals surface area contributed by atoms with Crippen LogP contribution in [0.25, 0.3) is 0 Å². The van der Waals surface area contributed by atoms with Crippen LogP contribution in [0.15, 0.2) is 6.33 Å². The molecule has 0 spiro atoms. The van der Waals surface area contributed by atoms with E-state index < -0.39 is 0 Å². The second kappa shape index (κ2) is 9.50. The van der Waals surface area contributed by atoms with Gasteiger partial charge < -0.3 is 20.5 Å². The maximum absolute atomic E-state index is 8.61. The number of hydrogen-bond acceptors (Lipinski definition) is 6. The van der Waals surface area contributed by atoms with Gasteiger partial charge in [0.1, 0.15) is 18.0 Å². The maximum atomic E-state index is 8.61. The van der Waals surface area contributed by atoms with Gasteiger partial charge in [-0.3, -0.25) is 0 Å². The van der Waals surface area contributed by atoms with Crippen LogP contribution in [0.3, 0.4) is 0 Å². The summed E-state index contributed by atoms with van der Waals surface area (Å²) in [6, 6.07) is 0. The number of aliphatic hydroxyl groups is 1. The van der Waals surface area contributed by atoms with Crippen LogP contribution >= 0.6 is 0 Å². The van der Waals surface area contributed by atoms with Crippen molar-refractivity contribution in [3.8, 4) is 0 Å². The van der Waals surface area contributed by atoms with Crippen LogP contribution in [-0.2, 0) is 4.74 Å². The average molecular weight is 282 g/mol. The molecule has 0 aliphatic rings. The molecule has 0 saturated heterocycles. The molecule has 0 amide bonds. The molecule has 3 N–H and O–H groups in total. The first-order valence-corrected chi connectivity index (χ1v) is 7.21. The maximum Gasteiger partial charge on any atom is 0.134 e. The second-order valence-electron chi connectivity index (χ2n) is 4.79. The number of nitrogens with one attached hydrogen (secondary N) is 2. The van der Waals surface area contributed by atoms with Crippen LogP contribution in [0.1, 0.15) is 38.7 Å². The Bertz CT molecular complexity index is 385. The first-order valence-electron chi connectivity index (χ1n) is 7.21. The van der Waals surface area contributed by atoms with E-state index >= 15 is 0 Å². The van der Waals surface area contributed by atoms with Crippen molar-refractivity contribution in [2.75, 3.05) is 43.5 Å². The quantitative estimate of drug-likeness (QED) is 0.568. The Balaban J connectivity index is 2.57. The van der Waals surface area contributed by atoms with Crippen molar-refractivity contribution in [2.45, 2.75) is 33.1 Å². The summed E-state index contributed by atoms with van der Waals surface area (Å²) in [4.78, 5) is 8.64. The van der Waals surface area contributed by atoms with Gasteiger partial charge in [-0.25, -0.2) is 9.97 Å². The molecule has 6 nitrogen and oxygen atoms in total. The summed E-state index contributed by atoms with van der Waals surface area (Å²) in [5.41, 5.74) is 1.12. The summed E-state index contributed by atoms with van der Waals surface area (Å²) in [5.74, 6) is 2.13. The van der Waals surface area contributed by atoms with Gasteiger partial charge in [-0.2, -0.15) is 0 Å². The highest BCUT2D eigenvalue weighted by atomic mass is 16.5. The van der Waals surface area contributed by atoms with Crippen LogP contribution in [0.5, 0.6) is 0 Å². The molecule has 0 unspecified atom stereocenters. The van der Waals surface area contributed by atoms with Crippen LogP contribution in [0.2, 0.25) is 0 Å². The Morgan fingerprint density at radius 1 is 1.20 bits per heavy atom. The largest absolute Gasteiger partial charge is 0.394 e. The summed E-state index contributed by atoms with van der Waals surface area (Å²) in [6.07, 6.45) is 2.45. The van der Waals surface area contributed by atoms with E-state index in [1.165, 1.54) is 0 Å². The monoisotopic (exact) mass is 282 g/mol. The van der Waals surface area contributed by atoms with Gasteiger partial charge in [0.2, 0.25) is 0 Å². The van der Waals surface area contributed by atoms with Crippen LogP contribution in [0, 0.1) is 0 Å². The number of ether oxygens (including phenoxy) is 1. The van der Waals surface area contributed by atoms with E-state index in [0.29, 0.717) is 19.1 Å². The van der Waals surface area contributed by atoms with Crippen molar-refractivity contribution >= 4 is 11.6 Å². The first-order chi connectivity index (χ1) is 9.70. The van der Waals surface area contributed by atoms with Gasteiger partial charge in [0.05, 0.1) is 13.2 Å². The van der Waals surface area contributed by atoms with Gasteiger partial charge >= 0.3 is 0 Å². The molecule has 114 valence electrons. The van der Waals surface area contributed by atoms with Gasteiger partial charge in [0.15, 0.2) is 0 Å². The normalized spacial score (nSPS) is 10.8.